The van der Waals surface area contributed by atoms with E-state index in [0.717, 1.165) is 4.57 Å². The third-order valence-electron chi connectivity index (χ3n) is 4.18. The maximum atomic E-state index is 12.4. The molecule has 0 saturated carbocycles. The van der Waals surface area contributed by atoms with Crippen molar-refractivity contribution in [3.8, 4) is 0 Å². The van der Waals surface area contributed by atoms with Gasteiger partial charge in [0.15, 0.2) is 12.0 Å². The quantitative estimate of drug-likeness (QED) is 0.188. The standard InChI is InChI=1S/C17H24IN3O10/c1-27-3-5-29-11(22)7-10-12(23)13(24)15(31-10)21-8-9(18)14(19-16(21)25)20-17(26)30-6-4-28-2/h8,10,12-13,15,23-24H,3-7H2,1-2H3,(H,19,20,25,26)/t10-,12-,13-,15-/m1/s1. The normalized spacial score (nSPS) is 22.9. The first-order chi connectivity index (χ1) is 14.8. The lowest BCUT2D eigenvalue weighted by Gasteiger charge is -2.18. The van der Waals surface area contributed by atoms with Gasteiger partial charge in [-0.05, 0) is 22.6 Å². The topological polar surface area (TPSA) is 168 Å². The number of anilines is 1. The summed E-state index contributed by atoms with van der Waals surface area (Å²) in [5, 5.41) is 22.9. The molecule has 2 heterocycles. The zero-order valence-corrected chi connectivity index (χ0v) is 19.0. The van der Waals surface area contributed by atoms with Crippen molar-refractivity contribution < 1.29 is 43.5 Å². The van der Waals surface area contributed by atoms with Crippen LogP contribution < -0.4 is 11.0 Å². The average Bonchev–Trinajstić information content (AvgIpc) is 2.99. The van der Waals surface area contributed by atoms with Crippen molar-refractivity contribution >= 4 is 40.5 Å². The molecule has 3 N–H and O–H groups in total. The first-order valence-corrected chi connectivity index (χ1v) is 10.2. The highest BCUT2D eigenvalue weighted by Gasteiger charge is 2.45. The van der Waals surface area contributed by atoms with Crippen LogP contribution in [-0.4, -0.2) is 90.8 Å². The Hall–Kier alpha value is -1.85. The van der Waals surface area contributed by atoms with Crippen LogP contribution in [0.5, 0.6) is 0 Å². The predicted molar refractivity (Wildman–Crippen MR) is 111 cm³/mol. The van der Waals surface area contributed by atoms with Crippen molar-refractivity contribution in [2.24, 2.45) is 0 Å². The van der Waals surface area contributed by atoms with E-state index in [1.54, 1.807) is 0 Å². The van der Waals surface area contributed by atoms with Gasteiger partial charge >= 0.3 is 17.8 Å². The minimum Gasteiger partial charge on any atom is -0.463 e. The molecule has 0 bridgehead atoms. The van der Waals surface area contributed by atoms with Crippen LogP contribution in [0.3, 0.4) is 0 Å². The molecular weight excluding hydrogens is 533 g/mol. The maximum absolute atomic E-state index is 12.4. The van der Waals surface area contributed by atoms with Crippen LogP contribution in [0.2, 0.25) is 0 Å². The predicted octanol–water partition coefficient (Wildman–Crippen LogP) is -0.758. The molecule has 1 aliphatic heterocycles. The first kappa shape index (κ1) is 25.4. The zero-order chi connectivity index (χ0) is 23.0. The minimum absolute atomic E-state index is 0.0191. The van der Waals surface area contributed by atoms with Crippen molar-refractivity contribution in [2.45, 2.75) is 31.0 Å². The molecule has 14 heteroatoms. The summed E-state index contributed by atoms with van der Waals surface area (Å²) in [5.74, 6) is -0.698. The molecule has 0 radical (unpaired) electrons. The number of aromatic nitrogens is 2. The number of aliphatic hydroxyl groups is 2. The Balaban J connectivity index is 2.06. The number of nitrogens with zero attached hydrogens (tertiary/aromatic N) is 2. The minimum atomic E-state index is -1.50. The molecule has 1 aromatic rings. The number of amides is 1. The number of nitrogens with one attached hydrogen (secondary N) is 1. The number of rotatable bonds is 10. The average molecular weight is 557 g/mol. The van der Waals surface area contributed by atoms with Gasteiger partial charge in [-0.3, -0.25) is 14.7 Å². The summed E-state index contributed by atoms with van der Waals surface area (Å²) in [6.07, 6.45) is -5.16. The number of ether oxygens (including phenoxy) is 5. The molecule has 4 atom stereocenters. The van der Waals surface area contributed by atoms with Crippen LogP contribution in [0.25, 0.3) is 0 Å². The third kappa shape index (κ3) is 7.08. The van der Waals surface area contributed by atoms with E-state index in [4.69, 9.17) is 23.7 Å². The Morgan fingerprint density at radius 1 is 1.16 bits per heavy atom. The molecule has 13 nitrogen and oxygen atoms in total. The van der Waals surface area contributed by atoms with Gasteiger partial charge in [0.05, 0.1) is 29.3 Å². The number of carbonyl (C=O) groups excluding carboxylic acids is 2. The van der Waals surface area contributed by atoms with E-state index in [1.165, 1.54) is 20.4 Å². The van der Waals surface area contributed by atoms with Crippen molar-refractivity contribution in [3.63, 3.8) is 0 Å². The molecule has 31 heavy (non-hydrogen) atoms. The van der Waals surface area contributed by atoms with Crippen molar-refractivity contribution in [1.29, 1.82) is 0 Å². The molecule has 0 aromatic carbocycles. The third-order valence-corrected chi connectivity index (χ3v) is 4.97. The van der Waals surface area contributed by atoms with Crippen LogP contribution in [0, 0.1) is 3.57 Å². The molecular formula is C17H24IN3O10. The number of esters is 1. The second-order valence-electron chi connectivity index (χ2n) is 6.34. The monoisotopic (exact) mass is 557 g/mol. The fourth-order valence-corrected chi connectivity index (χ4v) is 3.21. The van der Waals surface area contributed by atoms with Crippen molar-refractivity contribution in [1.82, 2.24) is 9.55 Å². The second kappa shape index (κ2) is 12.3. The molecule has 0 aliphatic carbocycles. The fraction of sp³-hybridized carbons (Fsp3) is 0.647. The summed E-state index contributed by atoms with van der Waals surface area (Å²) < 4.78 is 26.2. The first-order valence-electron chi connectivity index (χ1n) is 9.16. The molecule has 1 aliphatic rings. The lowest BCUT2D eigenvalue weighted by molar-refractivity contribution is -0.149. The van der Waals surface area contributed by atoms with Crippen LogP contribution in [0.15, 0.2) is 11.0 Å². The van der Waals surface area contributed by atoms with E-state index in [2.05, 4.69) is 10.3 Å². The van der Waals surface area contributed by atoms with Crippen molar-refractivity contribution in [3.05, 3.63) is 20.3 Å². The Labute approximate surface area is 190 Å². The number of methoxy groups -OCH3 is 2. The van der Waals surface area contributed by atoms with E-state index in [0.29, 0.717) is 3.57 Å². The lowest BCUT2D eigenvalue weighted by Crippen LogP contribution is -2.36. The summed E-state index contributed by atoms with van der Waals surface area (Å²) >= 11 is 1.82. The molecule has 1 saturated heterocycles. The van der Waals surface area contributed by atoms with Gasteiger partial charge in [-0.15, -0.1) is 0 Å². The molecule has 174 valence electrons. The van der Waals surface area contributed by atoms with Crippen LogP contribution in [0.4, 0.5) is 10.6 Å². The Morgan fingerprint density at radius 3 is 2.45 bits per heavy atom. The summed E-state index contributed by atoms with van der Waals surface area (Å²) in [6.45, 7) is 0.476. The Kier molecular flexibility index (Phi) is 10.0. The summed E-state index contributed by atoms with van der Waals surface area (Å²) in [4.78, 5) is 39.8. The van der Waals surface area contributed by atoms with Gasteiger partial charge in [-0.25, -0.2) is 9.59 Å². The smallest absolute Gasteiger partial charge is 0.412 e. The van der Waals surface area contributed by atoms with Gasteiger partial charge in [-0.1, -0.05) is 0 Å². The summed E-state index contributed by atoms with van der Waals surface area (Å²) in [5.41, 5.74) is -0.854. The van der Waals surface area contributed by atoms with E-state index in [-0.39, 0.29) is 38.7 Å². The van der Waals surface area contributed by atoms with Gasteiger partial charge < -0.3 is 33.9 Å². The highest BCUT2D eigenvalue weighted by molar-refractivity contribution is 14.1. The molecule has 0 spiro atoms. The maximum Gasteiger partial charge on any atom is 0.412 e. The van der Waals surface area contributed by atoms with Gasteiger partial charge in [0.25, 0.3) is 0 Å². The molecule has 1 fully saturated rings. The van der Waals surface area contributed by atoms with Gasteiger partial charge in [0, 0.05) is 20.4 Å². The van der Waals surface area contributed by atoms with Crippen LogP contribution in [-0.2, 0) is 28.5 Å². The van der Waals surface area contributed by atoms with E-state index >= 15 is 0 Å². The highest BCUT2D eigenvalue weighted by atomic mass is 127. The molecule has 0 unspecified atom stereocenters. The number of halogens is 1. The van der Waals surface area contributed by atoms with Gasteiger partial charge in [0.2, 0.25) is 0 Å². The molecule has 1 amide bonds. The Bertz CT molecular complexity index is 820. The summed E-state index contributed by atoms with van der Waals surface area (Å²) in [7, 11) is 2.91. The Morgan fingerprint density at radius 2 is 1.81 bits per heavy atom. The fourth-order valence-electron chi connectivity index (χ4n) is 2.66. The van der Waals surface area contributed by atoms with Gasteiger partial charge in [-0.2, -0.15) is 4.98 Å². The number of hydrogen-bond donors (Lipinski definition) is 3. The largest absolute Gasteiger partial charge is 0.463 e. The van der Waals surface area contributed by atoms with Gasteiger partial charge in [0.1, 0.15) is 25.4 Å². The van der Waals surface area contributed by atoms with Crippen molar-refractivity contribution in [2.75, 3.05) is 46.0 Å². The number of carbonyl (C=O) groups is 2. The number of aliphatic hydroxyl groups excluding tert-OH is 2. The highest BCUT2D eigenvalue weighted by Crippen LogP contribution is 2.31. The van der Waals surface area contributed by atoms with E-state index in [9.17, 15) is 24.6 Å². The zero-order valence-electron chi connectivity index (χ0n) is 16.9. The van der Waals surface area contributed by atoms with E-state index < -0.39 is 42.3 Å². The van der Waals surface area contributed by atoms with E-state index in [1.807, 2.05) is 22.6 Å². The molecule has 1 aromatic heterocycles. The second-order valence-corrected chi connectivity index (χ2v) is 7.51. The van der Waals surface area contributed by atoms with Crippen LogP contribution in [0.1, 0.15) is 12.6 Å². The van der Waals surface area contributed by atoms with Crippen LogP contribution >= 0.6 is 22.6 Å². The SMILES string of the molecule is COCCOC(=O)C[C@H]1O[C@@H](n2cc(I)c(NC(=O)OCCOC)nc2=O)[C@H](O)[C@@H]1O. The summed E-state index contributed by atoms with van der Waals surface area (Å²) in [6, 6.07) is 0. The molecule has 2 rings (SSSR count). The lowest BCUT2D eigenvalue weighted by atomic mass is 10.1. The number of hydrogen-bond acceptors (Lipinski definition) is 11.